The van der Waals surface area contributed by atoms with E-state index < -0.39 is 0 Å². The Bertz CT molecular complexity index is 507. The Morgan fingerprint density at radius 1 is 1.47 bits per heavy atom. The van der Waals surface area contributed by atoms with E-state index in [-0.39, 0.29) is 11.9 Å². The number of nitrogens with two attached hydrogens (primary N) is 1. The van der Waals surface area contributed by atoms with Crippen LogP contribution in [0.5, 0.6) is 0 Å². The molecule has 1 atom stereocenters. The van der Waals surface area contributed by atoms with Gasteiger partial charge in [0.15, 0.2) is 0 Å². The Balaban J connectivity index is 2.51. The highest BCUT2D eigenvalue weighted by Gasteiger charge is 2.17. The first-order valence-corrected chi connectivity index (χ1v) is 6.12. The van der Waals surface area contributed by atoms with Gasteiger partial charge in [0.2, 0.25) is 0 Å². The number of hydrogen-bond acceptors (Lipinski definition) is 4. The Hall–Kier alpha value is -1.72. The largest absolute Gasteiger partial charge is 0.386 e. The lowest BCUT2D eigenvalue weighted by atomic mass is 10.00. The average Bonchev–Trinajstić information content (AvgIpc) is 2.83. The SMILES string of the molecule is CNC(C(=N)N)c1ccccc1-c1nccs1. The number of likely N-dealkylation sites (N-methyl/N-ethyl adjacent to an activating group) is 1. The lowest BCUT2D eigenvalue weighted by Crippen LogP contribution is -2.31. The summed E-state index contributed by atoms with van der Waals surface area (Å²) in [5.41, 5.74) is 7.61. The van der Waals surface area contributed by atoms with Crippen LogP contribution in [0.25, 0.3) is 10.6 Å². The molecule has 4 N–H and O–H groups in total. The minimum atomic E-state index is -0.268. The molecule has 0 aliphatic rings. The van der Waals surface area contributed by atoms with E-state index in [1.807, 2.05) is 29.6 Å². The average molecular weight is 246 g/mol. The van der Waals surface area contributed by atoms with Gasteiger partial charge in [-0.3, -0.25) is 5.41 Å². The molecular formula is C12H14N4S. The molecule has 0 fully saturated rings. The molecule has 0 bridgehead atoms. The Kier molecular flexibility index (Phi) is 3.51. The van der Waals surface area contributed by atoms with Gasteiger partial charge in [-0.2, -0.15) is 0 Å². The van der Waals surface area contributed by atoms with Crippen molar-refractivity contribution in [3.8, 4) is 10.6 Å². The van der Waals surface area contributed by atoms with E-state index in [1.54, 1.807) is 24.6 Å². The zero-order valence-corrected chi connectivity index (χ0v) is 10.3. The number of nitrogens with zero attached hydrogens (tertiary/aromatic N) is 1. The van der Waals surface area contributed by atoms with Crippen molar-refractivity contribution in [3.05, 3.63) is 41.4 Å². The quantitative estimate of drug-likeness (QED) is 0.570. The second-order valence-corrected chi connectivity index (χ2v) is 4.50. The molecule has 17 heavy (non-hydrogen) atoms. The van der Waals surface area contributed by atoms with Gasteiger partial charge in [0.05, 0.1) is 6.04 Å². The number of hydrogen-bond donors (Lipinski definition) is 3. The van der Waals surface area contributed by atoms with E-state index in [4.69, 9.17) is 11.1 Å². The van der Waals surface area contributed by atoms with E-state index in [1.165, 1.54) is 0 Å². The van der Waals surface area contributed by atoms with Crippen LogP contribution >= 0.6 is 11.3 Å². The Morgan fingerprint density at radius 2 is 2.24 bits per heavy atom. The maximum absolute atomic E-state index is 7.61. The van der Waals surface area contributed by atoms with Crippen LogP contribution < -0.4 is 11.1 Å². The van der Waals surface area contributed by atoms with Crippen molar-refractivity contribution in [2.45, 2.75) is 6.04 Å². The number of nitrogens with one attached hydrogen (secondary N) is 2. The number of benzene rings is 1. The van der Waals surface area contributed by atoms with Crippen LogP contribution in [0.15, 0.2) is 35.8 Å². The van der Waals surface area contributed by atoms with E-state index in [0.29, 0.717) is 0 Å². The van der Waals surface area contributed by atoms with E-state index >= 15 is 0 Å². The molecule has 5 heteroatoms. The molecule has 1 unspecified atom stereocenters. The van der Waals surface area contributed by atoms with E-state index in [9.17, 15) is 0 Å². The number of thiazole rings is 1. The highest BCUT2D eigenvalue weighted by atomic mass is 32.1. The summed E-state index contributed by atoms with van der Waals surface area (Å²) >= 11 is 1.58. The van der Waals surface area contributed by atoms with Crippen molar-refractivity contribution >= 4 is 17.2 Å². The summed E-state index contributed by atoms with van der Waals surface area (Å²) in [6.45, 7) is 0. The van der Waals surface area contributed by atoms with Crippen LogP contribution in [0.1, 0.15) is 11.6 Å². The highest BCUT2D eigenvalue weighted by Crippen LogP contribution is 2.29. The van der Waals surface area contributed by atoms with Crippen LogP contribution in [0.3, 0.4) is 0 Å². The molecule has 0 aliphatic carbocycles. The third-order valence-corrected chi connectivity index (χ3v) is 3.34. The van der Waals surface area contributed by atoms with Crippen LogP contribution in [-0.4, -0.2) is 17.9 Å². The summed E-state index contributed by atoms with van der Waals surface area (Å²) in [6.07, 6.45) is 1.78. The number of rotatable bonds is 4. The maximum atomic E-state index is 7.61. The Labute approximate surface area is 104 Å². The summed E-state index contributed by atoms with van der Waals surface area (Å²) in [5, 5.41) is 13.5. The van der Waals surface area contributed by atoms with Gasteiger partial charge in [0.1, 0.15) is 10.8 Å². The second-order valence-electron chi connectivity index (χ2n) is 3.60. The van der Waals surface area contributed by atoms with Crippen molar-refractivity contribution in [3.63, 3.8) is 0 Å². The van der Waals surface area contributed by atoms with Crippen LogP contribution in [0.4, 0.5) is 0 Å². The molecule has 0 amide bonds. The van der Waals surface area contributed by atoms with Gasteiger partial charge in [-0.1, -0.05) is 24.3 Å². The highest BCUT2D eigenvalue weighted by molar-refractivity contribution is 7.13. The fourth-order valence-corrected chi connectivity index (χ4v) is 2.46. The molecule has 1 heterocycles. The van der Waals surface area contributed by atoms with Gasteiger partial charge in [-0.05, 0) is 12.6 Å². The third kappa shape index (κ3) is 2.35. The molecule has 0 aliphatic heterocycles. The summed E-state index contributed by atoms with van der Waals surface area (Å²) < 4.78 is 0. The van der Waals surface area contributed by atoms with Crippen molar-refractivity contribution in [1.82, 2.24) is 10.3 Å². The van der Waals surface area contributed by atoms with Gasteiger partial charge in [-0.25, -0.2) is 4.98 Å². The molecule has 1 aromatic carbocycles. The lowest BCUT2D eigenvalue weighted by molar-refractivity contribution is 0.741. The lowest BCUT2D eigenvalue weighted by Gasteiger charge is -2.17. The van der Waals surface area contributed by atoms with Crippen molar-refractivity contribution in [1.29, 1.82) is 5.41 Å². The van der Waals surface area contributed by atoms with Gasteiger partial charge in [-0.15, -0.1) is 11.3 Å². The van der Waals surface area contributed by atoms with Crippen molar-refractivity contribution in [2.24, 2.45) is 5.73 Å². The number of amidine groups is 1. The summed E-state index contributed by atoms with van der Waals surface area (Å²) in [5.74, 6) is 0.108. The predicted molar refractivity (Wildman–Crippen MR) is 71.3 cm³/mol. The number of aromatic nitrogens is 1. The zero-order valence-electron chi connectivity index (χ0n) is 9.47. The van der Waals surface area contributed by atoms with Crippen LogP contribution in [0, 0.1) is 5.41 Å². The first-order valence-electron chi connectivity index (χ1n) is 5.24. The van der Waals surface area contributed by atoms with E-state index in [2.05, 4.69) is 10.3 Å². The fraction of sp³-hybridized carbons (Fsp3) is 0.167. The summed E-state index contributed by atoms with van der Waals surface area (Å²) in [4.78, 5) is 4.30. The molecule has 0 saturated carbocycles. The molecule has 1 aromatic heterocycles. The van der Waals surface area contributed by atoms with Crippen molar-refractivity contribution in [2.75, 3.05) is 7.05 Å². The van der Waals surface area contributed by atoms with Gasteiger partial charge >= 0.3 is 0 Å². The smallest absolute Gasteiger partial charge is 0.123 e. The molecule has 2 aromatic rings. The normalized spacial score (nSPS) is 12.3. The molecule has 0 radical (unpaired) electrons. The Morgan fingerprint density at radius 3 is 2.82 bits per heavy atom. The monoisotopic (exact) mass is 246 g/mol. The fourth-order valence-electron chi connectivity index (χ4n) is 1.78. The van der Waals surface area contributed by atoms with Gasteiger partial charge < -0.3 is 11.1 Å². The molecule has 0 spiro atoms. The predicted octanol–water partition coefficient (Wildman–Crippen LogP) is 2.01. The van der Waals surface area contributed by atoms with E-state index in [0.717, 1.165) is 16.1 Å². The molecule has 88 valence electrons. The van der Waals surface area contributed by atoms with Crippen LogP contribution in [-0.2, 0) is 0 Å². The topological polar surface area (TPSA) is 74.8 Å². The van der Waals surface area contributed by atoms with Gasteiger partial charge in [0, 0.05) is 17.1 Å². The molecule has 4 nitrogen and oxygen atoms in total. The molecular weight excluding hydrogens is 232 g/mol. The maximum Gasteiger partial charge on any atom is 0.123 e. The first-order chi connectivity index (χ1) is 8.24. The second kappa shape index (κ2) is 5.07. The minimum absolute atomic E-state index is 0.108. The van der Waals surface area contributed by atoms with Crippen LogP contribution in [0.2, 0.25) is 0 Å². The standard InChI is InChI=1S/C12H14N4S/c1-15-10(11(13)14)8-4-2-3-5-9(8)12-16-6-7-17-12/h2-7,10,15H,1H3,(H3,13,14). The molecule has 0 saturated heterocycles. The summed E-state index contributed by atoms with van der Waals surface area (Å²) in [7, 11) is 1.80. The first kappa shape index (κ1) is 11.8. The third-order valence-electron chi connectivity index (χ3n) is 2.53. The molecule has 2 rings (SSSR count). The summed E-state index contributed by atoms with van der Waals surface area (Å²) in [6, 6.07) is 7.61. The van der Waals surface area contributed by atoms with Crippen molar-refractivity contribution < 1.29 is 0 Å². The zero-order chi connectivity index (χ0) is 12.3. The van der Waals surface area contributed by atoms with Gasteiger partial charge in [0.25, 0.3) is 0 Å². The minimum Gasteiger partial charge on any atom is -0.386 e.